The van der Waals surface area contributed by atoms with Gasteiger partial charge < -0.3 is 19.5 Å². The first-order chi connectivity index (χ1) is 12.1. The van der Waals surface area contributed by atoms with Crippen molar-refractivity contribution in [3.05, 3.63) is 24.3 Å². The number of ether oxygens (including phenoxy) is 3. The van der Waals surface area contributed by atoms with Crippen molar-refractivity contribution in [2.75, 3.05) is 13.2 Å². The molecule has 132 valence electrons. The molecule has 1 aromatic carbocycles. The van der Waals surface area contributed by atoms with E-state index in [1.807, 2.05) is 6.07 Å². The zero-order valence-electron chi connectivity index (χ0n) is 13.8. The molecule has 0 aromatic heterocycles. The van der Waals surface area contributed by atoms with Crippen LogP contribution in [0.2, 0.25) is 0 Å². The van der Waals surface area contributed by atoms with Gasteiger partial charge in [-0.25, -0.2) is 4.79 Å². The molecule has 2 aliphatic rings. The number of amides is 1. The number of para-hydroxylation sites is 2. The van der Waals surface area contributed by atoms with Gasteiger partial charge in [0.2, 0.25) is 6.10 Å². The highest BCUT2D eigenvalue weighted by molar-refractivity contribution is 5.83. The van der Waals surface area contributed by atoms with Gasteiger partial charge >= 0.3 is 5.97 Å². The number of carbonyl (C=O) groups is 2. The average Bonchev–Trinajstić information content (AvgIpc) is 2.66. The molecule has 3 rings (SSSR count). The highest BCUT2D eigenvalue weighted by Crippen LogP contribution is 2.31. The summed E-state index contributed by atoms with van der Waals surface area (Å²) in [4.78, 5) is 24.1. The Kier molecular flexibility index (Phi) is 5.08. The summed E-state index contributed by atoms with van der Waals surface area (Å²) in [6.07, 6.45) is 3.20. The van der Waals surface area contributed by atoms with Crippen LogP contribution in [0, 0.1) is 11.3 Å². The van der Waals surface area contributed by atoms with E-state index in [0.29, 0.717) is 24.3 Å². The van der Waals surface area contributed by atoms with Gasteiger partial charge in [0.1, 0.15) is 12.1 Å². The van der Waals surface area contributed by atoms with E-state index >= 15 is 0 Å². The van der Waals surface area contributed by atoms with E-state index in [-0.39, 0.29) is 6.61 Å². The second-order valence-corrected chi connectivity index (χ2v) is 6.27. The van der Waals surface area contributed by atoms with E-state index in [1.54, 1.807) is 18.2 Å². The van der Waals surface area contributed by atoms with Gasteiger partial charge in [-0.15, -0.1) is 0 Å². The van der Waals surface area contributed by atoms with E-state index < -0.39 is 30.1 Å². The molecule has 25 heavy (non-hydrogen) atoms. The molecule has 7 nitrogen and oxygen atoms in total. The predicted molar refractivity (Wildman–Crippen MR) is 86.9 cm³/mol. The fraction of sp³-hybridized carbons (Fsp3) is 0.500. The molecule has 1 aliphatic heterocycles. The number of nitriles is 1. The Morgan fingerprint density at radius 3 is 2.68 bits per heavy atom. The Morgan fingerprint density at radius 1 is 1.24 bits per heavy atom. The minimum absolute atomic E-state index is 0.0274. The molecule has 1 fully saturated rings. The molecule has 1 aliphatic carbocycles. The molecule has 0 spiro atoms. The smallest absolute Gasteiger partial charge is 0.351 e. The topological polar surface area (TPSA) is 97.7 Å². The van der Waals surface area contributed by atoms with Gasteiger partial charge in [0, 0.05) is 0 Å². The maximum atomic E-state index is 12.1. The van der Waals surface area contributed by atoms with E-state index in [2.05, 4.69) is 11.4 Å². The van der Waals surface area contributed by atoms with Crippen molar-refractivity contribution >= 4 is 11.9 Å². The number of carbonyl (C=O) groups excluding carboxylic acids is 2. The van der Waals surface area contributed by atoms with Crippen LogP contribution in [0.3, 0.4) is 0 Å². The Bertz CT molecular complexity index is 691. The molecule has 1 heterocycles. The molecule has 0 unspecified atom stereocenters. The van der Waals surface area contributed by atoms with Crippen LogP contribution in [0.1, 0.15) is 32.1 Å². The molecule has 0 bridgehead atoms. The molecule has 1 atom stereocenters. The standard InChI is InChI=1S/C18H20N2O5/c19-12-18(8-4-1-5-9-18)20-16(21)11-24-17(22)15-10-23-13-6-2-3-7-14(13)25-15/h2-3,6-7,15H,1,4-5,8-11H2,(H,20,21)/t15-/m0/s1. The van der Waals surface area contributed by atoms with Crippen molar-refractivity contribution in [2.24, 2.45) is 0 Å². The van der Waals surface area contributed by atoms with Gasteiger partial charge in [0.05, 0.1) is 6.07 Å². The lowest BCUT2D eigenvalue weighted by Crippen LogP contribution is -2.50. The molecular weight excluding hydrogens is 324 g/mol. The minimum atomic E-state index is -0.915. The van der Waals surface area contributed by atoms with E-state index in [0.717, 1.165) is 19.3 Å². The fourth-order valence-electron chi connectivity index (χ4n) is 3.09. The lowest BCUT2D eigenvalue weighted by molar-refractivity contribution is -0.158. The van der Waals surface area contributed by atoms with Crippen molar-refractivity contribution < 1.29 is 23.8 Å². The van der Waals surface area contributed by atoms with Crippen LogP contribution >= 0.6 is 0 Å². The van der Waals surface area contributed by atoms with Crippen molar-refractivity contribution in [3.63, 3.8) is 0 Å². The van der Waals surface area contributed by atoms with Crippen LogP contribution in [0.25, 0.3) is 0 Å². The number of esters is 1. The summed E-state index contributed by atoms with van der Waals surface area (Å²) in [6, 6.07) is 9.21. The number of rotatable bonds is 4. The molecule has 1 N–H and O–H groups in total. The lowest BCUT2D eigenvalue weighted by Gasteiger charge is -2.31. The summed E-state index contributed by atoms with van der Waals surface area (Å²) in [5, 5.41) is 12.1. The highest BCUT2D eigenvalue weighted by atomic mass is 16.6. The zero-order valence-corrected chi connectivity index (χ0v) is 13.8. The quantitative estimate of drug-likeness (QED) is 0.835. The Morgan fingerprint density at radius 2 is 1.96 bits per heavy atom. The van der Waals surface area contributed by atoms with Gasteiger partial charge in [-0.1, -0.05) is 31.4 Å². The molecule has 1 aromatic rings. The molecule has 1 saturated carbocycles. The zero-order chi connectivity index (χ0) is 17.7. The first-order valence-corrected chi connectivity index (χ1v) is 8.39. The Labute approximate surface area is 145 Å². The van der Waals surface area contributed by atoms with E-state index in [1.165, 1.54) is 0 Å². The number of benzene rings is 1. The first-order valence-electron chi connectivity index (χ1n) is 8.39. The summed E-state index contributed by atoms with van der Waals surface area (Å²) < 4.78 is 16.0. The van der Waals surface area contributed by atoms with Gasteiger partial charge in [0.25, 0.3) is 5.91 Å². The highest BCUT2D eigenvalue weighted by Gasteiger charge is 2.34. The summed E-state index contributed by atoms with van der Waals surface area (Å²) in [7, 11) is 0. The fourth-order valence-corrected chi connectivity index (χ4v) is 3.09. The summed E-state index contributed by atoms with van der Waals surface area (Å²) in [5.41, 5.74) is -0.842. The lowest BCUT2D eigenvalue weighted by atomic mass is 9.83. The summed E-state index contributed by atoms with van der Waals surface area (Å²) >= 11 is 0. The van der Waals surface area contributed by atoms with Crippen LogP contribution in [-0.2, 0) is 14.3 Å². The SMILES string of the molecule is N#CC1(NC(=O)COC(=O)[C@@H]2COc3ccccc3O2)CCCCC1. The van der Waals surface area contributed by atoms with Gasteiger partial charge in [0.15, 0.2) is 18.1 Å². The van der Waals surface area contributed by atoms with E-state index in [9.17, 15) is 14.9 Å². The summed E-state index contributed by atoms with van der Waals surface area (Å²) in [6.45, 7) is -0.413. The minimum Gasteiger partial charge on any atom is -0.485 e. The van der Waals surface area contributed by atoms with Crippen LogP contribution < -0.4 is 14.8 Å². The van der Waals surface area contributed by atoms with Crippen molar-refractivity contribution in [2.45, 2.75) is 43.7 Å². The van der Waals surface area contributed by atoms with Gasteiger partial charge in [-0.2, -0.15) is 5.26 Å². The Hall–Kier alpha value is -2.75. The number of nitrogens with one attached hydrogen (secondary N) is 1. The number of nitrogens with zero attached hydrogens (tertiary/aromatic N) is 1. The van der Waals surface area contributed by atoms with Crippen molar-refractivity contribution in [1.29, 1.82) is 5.26 Å². The third kappa shape index (κ3) is 4.02. The number of hydrogen-bond donors (Lipinski definition) is 1. The maximum Gasteiger partial charge on any atom is 0.351 e. The molecule has 0 radical (unpaired) electrons. The molecule has 1 amide bonds. The van der Waals surface area contributed by atoms with Crippen molar-refractivity contribution in [3.8, 4) is 17.6 Å². The van der Waals surface area contributed by atoms with Crippen LogP contribution in [0.5, 0.6) is 11.5 Å². The predicted octanol–water partition coefficient (Wildman–Crippen LogP) is 1.71. The number of fused-ring (bicyclic) bond motifs is 1. The van der Waals surface area contributed by atoms with Crippen LogP contribution in [0.15, 0.2) is 24.3 Å². The van der Waals surface area contributed by atoms with Gasteiger partial charge in [-0.05, 0) is 25.0 Å². The largest absolute Gasteiger partial charge is 0.485 e. The van der Waals surface area contributed by atoms with Crippen molar-refractivity contribution in [1.82, 2.24) is 5.32 Å². The molecule has 7 heteroatoms. The van der Waals surface area contributed by atoms with Gasteiger partial charge in [-0.3, -0.25) is 4.79 Å². The van der Waals surface area contributed by atoms with E-state index in [4.69, 9.17) is 14.2 Å². The maximum absolute atomic E-state index is 12.1. The Balaban J connectivity index is 1.49. The molecular formula is C18H20N2O5. The second-order valence-electron chi connectivity index (χ2n) is 6.27. The molecule has 0 saturated heterocycles. The van der Waals surface area contributed by atoms with Crippen LogP contribution in [0.4, 0.5) is 0 Å². The third-order valence-electron chi connectivity index (χ3n) is 4.42. The van der Waals surface area contributed by atoms with Crippen LogP contribution in [-0.4, -0.2) is 36.7 Å². The average molecular weight is 344 g/mol. The first kappa shape index (κ1) is 17.1. The summed E-state index contributed by atoms with van der Waals surface area (Å²) in [5.74, 6) is -0.114. The normalized spacial score (nSPS) is 20.8. The number of hydrogen-bond acceptors (Lipinski definition) is 6. The third-order valence-corrected chi connectivity index (χ3v) is 4.42. The monoisotopic (exact) mass is 344 g/mol. The second kappa shape index (κ2) is 7.43.